The van der Waals surface area contributed by atoms with Crippen molar-refractivity contribution in [3.8, 4) is 0 Å². The zero-order valence-electron chi connectivity index (χ0n) is 12.3. The molecule has 0 spiro atoms. The lowest BCUT2D eigenvalue weighted by Gasteiger charge is -2.24. The standard InChI is InChI=1S/C17H23N3/c1-13(20(2)17-5-6-17)10-19-11-14-3-4-16-12-18-8-7-15(16)9-14/h3-4,7-9,12-13,17,19H,5-6,10-11H2,1-2H3. The molecule has 0 radical (unpaired) electrons. The van der Waals surface area contributed by atoms with Gasteiger partial charge in [-0.15, -0.1) is 0 Å². The number of rotatable bonds is 6. The number of pyridine rings is 1. The van der Waals surface area contributed by atoms with E-state index in [1.807, 2.05) is 12.4 Å². The van der Waals surface area contributed by atoms with Gasteiger partial charge in [0.2, 0.25) is 0 Å². The van der Waals surface area contributed by atoms with Gasteiger partial charge in [-0.05, 0) is 49.9 Å². The molecule has 106 valence electrons. The van der Waals surface area contributed by atoms with Crippen LogP contribution in [0.25, 0.3) is 10.8 Å². The minimum Gasteiger partial charge on any atom is -0.311 e. The lowest BCUT2D eigenvalue weighted by molar-refractivity contribution is 0.241. The van der Waals surface area contributed by atoms with E-state index in [-0.39, 0.29) is 0 Å². The first-order chi connectivity index (χ1) is 9.74. The SMILES string of the molecule is CC(CNCc1ccc2cnccc2c1)N(C)C1CC1. The highest BCUT2D eigenvalue weighted by molar-refractivity contribution is 5.81. The van der Waals surface area contributed by atoms with E-state index in [1.54, 1.807) is 0 Å². The Morgan fingerprint density at radius 1 is 1.30 bits per heavy atom. The van der Waals surface area contributed by atoms with Crippen molar-refractivity contribution in [3.63, 3.8) is 0 Å². The number of hydrogen-bond acceptors (Lipinski definition) is 3. The number of likely N-dealkylation sites (N-methyl/N-ethyl adjacent to an activating group) is 1. The monoisotopic (exact) mass is 269 g/mol. The lowest BCUT2D eigenvalue weighted by atomic mass is 10.1. The van der Waals surface area contributed by atoms with Crippen molar-refractivity contribution < 1.29 is 0 Å². The van der Waals surface area contributed by atoms with Gasteiger partial charge < -0.3 is 5.32 Å². The highest BCUT2D eigenvalue weighted by atomic mass is 15.2. The Balaban J connectivity index is 1.54. The van der Waals surface area contributed by atoms with Crippen LogP contribution < -0.4 is 5.32 Å². The molecule has 0 bridgehead atoms. The molecule has 0 aliphatic heterocycles. The first kappa shape index (κ1) is 13.5. The molecule has 1 N–H and O–H groups in total. The van der Waals surface area contributed by atoms with Crippen LogP contribution in [0.4, 0.5) is 0 Å². The molecular formula is C17H23N3. The fourth-order valence-electron chi connectivity index (χ4n) is 2.65. The van der Waals surface area contributed by atoms with Gasteiger partial charge in [-0.25, -0.2) is 0 Å². The molecule has 3 rings (SSSR count). The first-order valence-corrected chi connectivity index (χ1v) is 7.49. The normalized spacial score (nSPS) is 16.8. The Morgan fingerprint density at radius 3 is 2.95 bits per heavy atom. The Bertz CT molecular complexity index is 577. The Hall–Kier alpha value is -1.45. The summed E-state index contributed by atoms with van der Waals surface area (Å²) >= 11 is 0. The number of fused-ring (bicyclic) bond motifs is 1. The number of hydrogen-bond donors (Lipinski definition) is 1. The average Bonchev–Trinajstić information content (AvgIpc) is 3.31. The zero-order chi connectivity index (χ0) is 13.9. The molecule has 1 atom stereocenters. The molecule has 1 fully saturated rings. The molecule has 0 saturated heterocycles. The number of aromatic nitrogens is 1. The molecule has 2 aromatic rings. The largest absolute Gasteiger partial charge is 0.311 e. The molecule has 3 nitrogen and oxygen atoms in total. The van der Waals surface area contributed by atoms with Crippen molar-refractivity contribution in [3.05, 3.63) is 42.2 Å². The van der Waals surface area contributed by atoms with Crippen LogP contribution in [0.15, 0.2) is 36.7 Å². The van der Waals surface area contributed by atoms with Crippen LogP contribution in [0, 0.1) is 0 Å². The van der Waals surface area contributed by atoms with Gasteiger partial charge in [-0.2, -0.15) is 0 Å². The van der Waals surface area contributed by atoms with E-state index in [0.29, 0.717) is 6.04 Å². The molecule has 1 unspecified atom stereocenters. The Kier molecular flexibility index (Phi) is 3.99. The Labute approximate surface area is 121 Å². The topological polar surface area (TPSA) is 28.2 Å². The second-order valence-corrected chi connectivity index (χ2v) is 5.93. The van der Waals surface area contributed by atoms with Crippen molar-refractivity contribution in [2.45, 2.75) is 38.4 Å². The summed E-state index contributed by atoms with van der Waals surface area (Å²) < 4.78 is 0. The average molecular weight is 269 g/mol. The van der Waals surface area contributed by atoms with E-state index in [9.17, 15) is 0 Å². The van der Waals surface area contributed by atoms with Crippen LogP contribution in [0.1, 0.15) is 25.3 Å². The van der Waals surface area contributed by atoms with Gasteiger partial charge >= 0.3 is 0 Å². The summed E-state index contributed by atoms with van der Waals surface area (Å²) in [7, 11) is 2.24. The molecule has 0 amide bonds. The lowest BCUT2D eigenvalue weighted by Crippen LogP contribution is -2.38. The van der Waals surface area contributed by atoms with Gasteiger partial charge in [-0.3, -0.25) is 9.88 Å². The summed E-state index contributed by atoms with van der Waals surface area (Å²) in [5, 5.41) is 6.05. The summed E-state index contributed by atoms with van der Waals surface area (Å²) in [6.07, 6.45) is 6.52. The quantitative estimate of drug-likeness (QED) is 0.874. The number of nitrogens with one attached hydrogen (secondary N) is 1. The molecule has 1 aromatic carbocycles. The van der Waals surface area contributed by atoms with Gasteiger partial charge in [0.25, 0.3) is 0 Å². The van der Waals surface area contributed by atoms with Gasteiger partial charge in [0.1, 0.15) is 0 Å². The zero-order valence-corrected chi connectivity index (χ0v) is 12.3. The second-order valence-electron chi connectivity index (χ2n) is 5.93. The molecule has 1 aliphatic carbocycles. The van der Waals surface area contributed by atoms with Crippen molar-refractivity contribution in [1.82, 2.24) is 15.2 Å². The van der Waals surface area contributed by atoms with Crippen molar-refractivity contribution in [2.75, 3.05) is 13.6 Å². The maximum atomic E-state index is 4.15. The molecule has 1 aliphatic rings. The highest BCUT2D eigenvalue weighted by Crippen LogP contribution is 2.26. The second kappa shape index (κ2) is 5.90. The maximum absolute atomic E-state index is 4.15. The predicted molar refractivity (Wildman–Crippen MR) is 83.7 cm³/mol. The van der Waals surface area contributed by atoms with E-state index in [2.05, 4.69) is 53.4 Å². The molecule has 1 aromatic heterocycles. The molecular weight excluding hydrogens is 246 g/mol. The molecule has 1 heterocycles. The third kappa shape index (κ3) is 3.17. The van der Waals surface area contributed by atoms with Crippen LogP contribution >= 0.6 is 0 Å². The smallest absolute Gasteiger partial charge is 0.0346 e. The highest BCUT2D eigenvalue weighted by Gasteiger charge is 2.28. The van der Waals surface area contributed by atoms with Gasteiger partial charge in [0, 0.05) is 43.0 Å². The summed E-state index contributed by atoms with van der Waals surface area (Å²) in [5.74, 6) is 0. The van der Waals surface area contributed by atoms with Gasteiger partial charge in [0.15, 0.2) is 0 Å². The number of benzene rings is 1. The maximum Gasteiger partial charge on any atom is 0.0346 e. The molecule has 20 heavy (non-hydrogen) atoms. The van der Waals surface area contributed by atoms with E-state index >= 15 is 0 Å². The van der Waals surface area contributed by atoms with E-state index in [0.717, 1.165) is 19.1 Å². The number of nitrogens with zero attached hydrogens (tertiary/aromatic N) is 2. The van der Waals surface area contributed by atoms with Crippen LogP contribution in [0.5, 0.6) is 0 Å². The van der Waals surface area contributed by atoms with Crippen LogP contribution in [-0.4, -0.2) is 35.6 Å². The van der Waals surface area contributed by atoms with Gasteiger partial charge in [0.05, 0.1) is 0 Å². The van der Waals surface area contributed by atoms with Crippen LogP contribution in [0.3, 0.4) is 0 Å². The van der Waals surface area contributed by atoms with Crippen LogP contribution in [0.2, 0.25) is 0 Å². The van der Waals surface area contributed by atoms with E-state index in [4.69, 9.17) is 0 Å². The van der Waals surface area contributed by atoms with E-state index < -0.39 is 0 Å². The third-order valence-electron chi connectivity index (χ3n) is 4.29. The summed E-state index contributed by atoms with van der Waals surface area (Å²) in [5.41, 5.74) is 1.34. The predicted octanol–water partition coefficient (Wildman–Crippen LogP) is 2.81. The van der Waals surface area contributed by atoms with Crippen molar-refractivity contribution in [1.29, 1.82) is 0 Å². The Morgan fingerprint density at radius 2 is 2.15 bits per heavy atom. The molecule has 3 heteroatoms. The first-order valence-electron chi connectivity index (χ1n) is 7.49. The fourth-order valence-corrected chi connectivity index (χ4v) is 2.65. The minimum absolute atomic E-state index is 0.604. The third-order valence-corrected chi connectivity index (χ3v) is 4.29. The summed E-state index contributed by atoms with van der Waals surface area (Å²) in [6, 6.07) is 10.1. The summed E-state index contributed by atoms with van der Waals surface area (Å²) in [6.45, 7) is 4.28. The molecule has 1 saturated carbocycles. The summed E-state index contributed by atoms with van der Waals surface area (Å²) in [4.78, 5) is 6.65. The van der Waals surface area contributed by atoms with Crippen molar-refractivity contribution in [2.24, 2.45) is 0 Å². The van der Waals surface area contributed by atoms with E-state index in [1.165, 1.54) is 29.2 Å². The van der Waals surface area contributed by atoms with Gasteiger partial charge in [-0.1, -0.05) is 12.1 Å². The van der Waals surface area contributed by atoms with Crippen molar-refractivity contribution >= 4 is 10.8 Å². The minimum atomic E-state index is 0.604. The fraction of sp³-hybridized carbons (Fsp3) is 0.471. The van der Waals surface area contributed by atoms with Crippen LogP contribution in [-0.2, 0) is 6.54 Å².